The van der Waals surface area contributed by atoms with E-state index in [-0.39, 0.29) is 0 Å². The van der Waals surface area contributed by atoms with E-state index in [9.17, 15) is 0 Å². The smallest absolute Gasteiger partial charge is 0.138 e. The van der Waals surface area contributed by atoms with Gasteiger partial charge in [0.2, 0.25) is 0 Å². The van der Waals surface area contributed by atoms with Crippen LogP contribution in [0.3, 0.4) is 0 Å². The molecule has 4 nitrogen and oxygen atoms in total. The maximum Gasteiger partial charge on any atom is 0.138 e. The molecule has 0 saturated heterocycles. The molecule has 0 amide bonds. The highest BCUT2D eigenvalue weighted by Gasteiger charge is 2.16. The van der Waals surface area contributed by atoms with Gasteiger partial charge in [-0.15, -0.1) is 11.6 Å². The maximum absolute atomic E-state index is 6.05. The highest BCUT2D eigenvalue weighted by molar-refractivity contribution is 6.16. The Morgan fingerprint density at radius 1 is 1.25 bits per heavy atom. The second-order valence-corrected chi connectivity index (χ2v) is 5.26. The average Bonchev–Trinajstić information content (AvgIpc) is 2.95. The van der Waals surface area contributed by atoms with Crippen LogP contribution in [0.15, 0.2) is 22.7 Å². The third-order valence-corrected chi connectivity index (χ3v) is 3.90. The number of imidazole rings is 1. The number of nitrogens with zero attached hydrogens (tertiary/aromatic N) is 3. The Balaban J connectivity index is 2.20. The SMILES string of the molecule is Cc1noc(C)c1Cn1c(CCl)nc2cccc(C)c21. The van der Waals surface area contributed by atoms with Crippen molar-refractivity contribution in [2.24, 2.45) is 0 Å². The normalized spacial score (nSPS) is 11.4. The summed E-state index contributed by atoms with van der Waals surface area (Å²) in [6, 6.07) is 6.12. The van der Waals surface area contributed by atoms with E-state index in [1.807, 2.05) is 26.0 Å². The minimum absolute atomic E-state index is 0.386. The molecule has 0 fully saturated rings. The van der Waals surface area contributed by atoms with Gasteiger partial charge >= 0.3 is 0 Å². The number of rotatable bonds is 3. The third-order valence-electron chi connectivity index (χ3n) is 3.66. The van der Waals surface area contributed by atoms with Gasteiger partial charge in [0.25, 0.3) is 0 Å². The lowest BCUT2D eigenvalue weighted by atomic mass is 10.1. The first kappa shape index (κ1) is 13.2. The Morgan fingerprint density at radius 2 is 2.05 bits per heavy atom. The molecule has 3 rings (SSSR count). The molecule has 1 aromatic carbocycles. The van der Waals surface area contributed by atoms with Crippen LogP contribution < -0.4 is 0 Å². The predicted molar refractivity (Wildman–Crippen MR) is 79.1 cm³/mol. The van der Waals surface area contributed by atoms with Crippen LogP contribution in [0, 0.1) is 20.8 Å². The fourth-order valence-corrected chi connectivity index (χ4v) is 2.78. The predicted octanol–water partition coefficient (Wildman–Crippen LogP) is 3.74. The third kappa shape index (κ3) is 2.00. The monoisotopic (exact) mass is 289 g/mol. The van der Waals surface area contributed by atoms with Crippen LogP contribution >= 0.6 is 11.6 Å². The first-order chi connectivity index (χ1) is 9.61. The summed E-state index contributed by atoms with van der Waals surface area (Å²) in [7, 11) is 0. The summed E-state index contributed by atoms with van der Waals surface area (Å²) in [6.45, 7) is 6.66. The fraction of sp³-hybridized carbons (Fsp3) is 0.333. The number of hydrogen-bond acceptors (Lipinski definition) is 3. The molecule has 0 bridgehead atoms. The molecule has 104 valence electrons. The minimum Gasteiger partial charge on any atom is -0.361 e. The van der Waals surface area contributed by atoms with Crippen molar-refractivity contribution in [2.45, 2.75) is 33.2 Å². The summed E-state index contributed by atoms with van der Waals surface area (Å²) in [5.41, 5.74) is 5.31. The maximum atomic E-state index is 6.05. The zero-order chi connectivity index (χ0) is 14.3. The van der Waals surface area contributed by atoms with E-state index in [1.54, 1.807) is 0 Å². The molecule has 20 heavy (non-hydrogen) atoms. The molecule has 0 aliphatic rings. The van der Waals surface area contributed by atoms with Gasteiger partial charge in [-0.25, -0.2) is 4.98 Å². The Hall–Kier alpha value is -1.81. The van der Waals surface area contributed by atoms with E-state index >= 15 is 0 Å². The van der Waals surface area contributed by atoms with Gasteiger partial charge in [-0.3, -0.25) is 0 Å². The summed E-state index contributed by atoms with van der Waals surface area (Å²) in [5.74, 6) is 2.10. The molecular formula is C15H16ClN3O. The van der Waals surface area contributed by atoms with Gasteiger partial charge in [-0.1, -0.05) is 17.3 Å². The Bertz CT molecular complexity index is 753. The molecule has 0 aliphatic carbocycles. The van der Waals surface area contributed by atoms with Gasteiger partial charge in [-0.05, 0) is 32.4 Å². The Kier molecular flexibility index (Phi) is 3.26. The second kappa shape index (κ2) is 4.94. The molecule has 0 N–H and O–H groups in total. The van der Waals surface area contributed by atoms with Crippen LogP contribution in [0.1, 0.15) is 28.4 Å². The van der Waals surface area contributed by atoms with Crippen molar-refractivity contribution < 1.29 is 4.52 Å². The van der Waals surface area contributed by atoms with Crippen LogP contribution in [0.4, 0.5) is 0 Å². The topological polar surface area (TPSA) is 43.9 Å². The molecule has 0 unspecified atom stereocenters. The Morgan fingerprint density at radius 3 is 2.70 bits per heavy atom. The van der Waals surface area contributed by atoms with E-state index < -0.39 is 0 Å². The van der Waals surface area contributed by atoms with Crippen LogP contribution in [0.2, 0.25) is 0 Å². The zero-order valence-electron chi connectivity index (χ0n) is 11.8. The average molecular weight is 290 g/mol. The number of benzene rings is 1. The van der Waals surface area contributed by atoms with Crippen molar-refractivity contribution in [3.63, 3.8) is 0 Å². The van der Waals surface area contributed by atoms with Crippen LogP contribution in [0.5, 0.6) is 0 Å². The zero-order valence-corrected chi connectivity index (χ0v) is 12.5. The largest absolute Gasteiger partial charge is 0.361 e. The lowest BCUT2D eigenvalue weighted by Crippen LogP contribution is -2.06. The fourth-order valence-electron chi connectivity index (χ4n) is 2.57. The molecular weight excluding hydrogens is 274 g/mol. The molecule has 0 radical (unpaired) electrons. The number of aryl methyl sites for hydroxylation is 3. The molecule has 2 aromatic heterocycles. The molecule has 0 atom stereocenters. The molecule has 3 aromatic rings. The van der Waals surface area contributed by atoms with Crippen molar-refractivity contribution in [1.82, 2.24) is 14.7 Å². The number of para-hydroxylation sites is 1. The number of aromatic nitrogens is 3. The quantitative estimate of drug-likeness (QED) is 0.690. The first-order valence-corrected chi connectivity index (χ1v) is 7.07. The lowest BCUT2D eigenvalue weighted by Gasteiger charge is -2.09. The van der Waals surface area contributed by atoms with Gasteiger partial charge in [0.1, 0.15) is 11.6 Å². The highest BCUT2D eigenvalue weighted by atomic mass is 35.5. The standard InChI is InChI=1S/C15H16ClN3O/c1-9-5-4-6-13-15(9)19(14(7-16)17-13)8-12-10(2)18-20-11(12)3/h4-6H,7-8H2,1-3H3. The van der Waals surface area contributed by atoms with E-state index in [0.717, 1.165) is 33.9 Å². The minimum atomic E-state index is 0.386. The molecule has 2 heterocycles. The number of fused-ring (bicyclic) bond motifs is 1. The first-order valence-electron chi connectivity index (χ1n) is 6.54. The van der Waals surface area contributed by atoms with Gasteiger partial charge in [0, 0.05) is 5.56 Å². The number of hydrogen-bond donors (Lipinski definition) is 0. The van der Waals surface area contributed by atoms with Crippen LogP contribution in [0.25, 0.3) is 11.0 Å². The van der Waals surface area contributed by atoms with E-state index in [4.69, 9.17) is 16.1 Å². The van der Waals surface area contributed by atoms with Gasteiger partial charge in [-0.2, -0.15) is 0 Å². The van der Waals surface area contributed by atoms with Crippen LogP contribution in [-0.2, 0) is 12.4 Å². The number of alkyl halides is 1. The van der Waals surface area contributed by atoms with Crippen molar-refractivity contribution in [2.75, 3.05) is 0 Å². The molecule has 5 heteroatoms. The van der Waals surface area contributed by atoms with Crippen molar-refractivity contribution in [3.05, 3.63) is 46.6 Å². The van der Waals surface area contributed by atoms with Gasteiger partial charge in [0.15, 0.2) is 0 Å². The summed E-state index contributed by atoms with van der Waals surface area (Å²) in [5, 5.41) is 4.01. The molecule has 0 aliphatic heterocycles. The number of halogens is 1. The van der Waals surface area contributed by atoms with Crippen molar-refractivity contribution in [3.8, 4) is 0 Å². The molecule has 0 saturated carbocycles. The lowest BCUT2D eigenvalue weighted by molar-refractivity contribution is 0.392. The summed E-state index contributed by atoms with van der Waals surface area (Å²) >= 11 is 6.05. The second-order valence-electron chi connectivity index (χ2n) is 4.99. The van der Waals surface area contributed by atoms with E-state index in [1.165, 1.54) is 5.56 Å². The summed E-state index contributed by atoms with van der Waals surface area (Å²) in [4.78, 5) is 4.61. The van der Waals surface area contributed by atoms with Crippen LogP contribution in [-0.4, -0.2) is 14.7 Å². The van der Waals surface area contributed by atoms with Gasteiger partial charge < -0.3 is 9.09 Å². The van der Waals surface area contributed by atoms with Crippen molar-refractivity contribution >= 4 is 22.6 Å². The van der Waals surface area contributed by atoms with Crippen molar-refractivity contribution in [1.29, 1.82) is 0 Å². The summed E-state index contributed by atoms with van der Waals surface area (Å²) < 4.78 is 7.40. The van der Waals surface area contributed by atoms with E-state index in [2.05, 4.69) is 27.7 Å². The summed E-state index contributed by atoms with van der Waals surface area (Å²) in [6.07, 6.45) is 0. The van der Waals surface area contributed by atoms with E-state index in [0.29, 0.717) is 12.4 Å². The molecule has 0 spiro atoms. The Labute approximate surface area is 122 Å². The highest BCUT2D eigenvalue weighted by Crippen LogP contribution is 2.24. The van der Waals surface area contributed by atoms with Gasteiger partial charge in [0.05, 0.1) is 29.2 Å².